The normalized spacial score (nSPS) is 26.3. The SMILES string of the molecule is COc1cc(C)c(C2(N)CCC(C)(C)C2)cc1C. The third-order valence-corrected chi connectivity index (χ3v) is 4.32. The first-order valence-electron chi connectivity index (χ1n) is 6.72. The molecule has 2 heteroatoms. The van der Waals surface area contributed by atoms with Crippen molar-refractivity contribution in [2.45, 2.75) is 52.5 Å². The third-order valence-electron chi connectivity index (χ3n) is 4.32. The molecular weight excluding hydrogens is 222 g/mol. The van der Waals surface area contributed by atoms with Crippen molar-refractivity contribution in [1.82, 2.24) is 0 Å². The molecule has 0 bridgehead atoms. The van der Waals surface area contributed by atoms with Crippen molar-refractivity contribution in [1.29, 1.82) is 0 Å². The van der Waals surface area contributed by atoms with Crippen LogP contribution in [0.1, 0.15) is 49.8 Å². The summed E-state index contributed by atoms with van der Waals surface area (Å²) < 4.78 is 5.38. The van der Waals surface area contributed by atoms with E-state index in [1.54, 1.807) is 7.11 Å². The van der Waals surface area contributed by atoms with Crippen molar-refractivity contribution < 1.29 is 4.74 Å². The predicted molar refractivity (Wildman–Crippen MR) is 76.0 cm³/mol. The molecule has 0 radical (unpaired) electrons. The summed E-state index contributed by atoms with van der Waals surface area (Å²) in [7, 11) is 1.72. The molecule has 0 aliphatic heterocycles. The molecule has 1 aromatic rings. The average molecular weight is 247 g/mol. The standard InChI is InChI=1S/C16H25NO/c1-11-9-14(18-5)12(2)8-13(11)16(17)7-6-15(3,4)10-16/h8-9H,6-7,10,17H2,1-5H3. The van der Waals surface area contributed by atoms with Crippen molar-refractivity contribution in [2.75, 3.05) is 7.11 Å². The number of hydrogen-bond acceptors (Lipinski definition) is 2. The zero-order valence-corrected chi connectivity index (χ0v) is 12.3. The Balaban J connectivity index is 2.43. The molecule has 100 valence electrons. The van der Waals surface area contributed by atoms with Crippen molar-refractivity contribution in [3.8, 4) is 5.75 Å². The lowest BCUT2D eigenvalue weighted by molar-refractivity contribution is 0.338. The van der Waals surface area contributed by atoms with Crippen LogP contribution in [0.4, 0.5) is 0 Å². The smallest absolute Gasteiger partial charge is 0.122 e. The molecule has 0 amide bonds. The minimum atomic E-state index is -0.162. The van der Waals surface area contributed by atoms with Crippen LogP contribution in [0.5, 0.6) is 5.75 Å². The molecule has 0 heterocycles. The van der Waals surface area contributed by atoms with Crippen LogP contribution in [0, 0.1) is 19.3 Å². The maximum atomic E-state index is 6.68. The van der Waals surface area contributed by atoms with E-state index >= 15 is 0 Å². The Labute approximate surface area is 111 Å². The molecule has 1 atom stereocenters. The van der Waals surface area contributed by atoms with Gasteiger partial charge in [-0.2, -0.15) is 0 Å². The molecule has 1 aliphatic rings. The Morgan fingerprint density at radius 2 is 1.78 bits per heavy atom. The van der Waals surface area contributed by atoms with Gasteiger partial charge < -0.3 is 10.5 Å². The summed E-state index contributed by atoms with van der Waals surface area (Å²) in [5.41, 5.74) is 10.6. The number of aryl methyl sites for hydroxylation is 2. The van der Waals surface area contributed by atoms with Gasteiger partial charge in [-0.25, -0.2) is 0 Å². The Morgan fingerprint density at radius 1 is 1.11 bits per heavy atom. The second-order valence-electron chi connectivity index (χ2n) is 6.63. The van der Waals surface area contributed by atoms with Gasteiger partial charge in [0, 0.05) is 5.54 Å². The lowest BCUT2D eigenvalue weighted by Crippen LogP contribution is -2.35. The van der Waals surface area contributed by atoms with Gasteiger partial charge in [-0.3, -0.25) is 0 Å². The molecule has 2 N–H and O–H groups in total. The Hall–Kier alpha value is -1.02. The van der Waals surface area contributed by atoms with Crippen LogP contribution in [0.25, 0.3) is 0 Å². The maximum absolute atomic E-state index is 6.68. The predicted octanol–water partition coefficient (Wildman–Crippen LogP) is 3.68. The van der Waals surface area contributed by atoms with E-state index in [0.29, 0.717) is 5.41 Å². The monoisotopic (exact) mass is 247 g/mol. The van der Waals surface area contributed by atoms with Gasteiger partial charge in [0.15, 0.2) is 0 Å². The summed E-state index contributed by atoms with van der Waals surface area (Å²) in [6, 6.07) is 4.33. The van der Waals surface area contributed by atoms with Gasteiger partial charge in [-0.15, -0.1) is 0 Å². The van der Waals surface area contributed by atoms with Gasteiger partial charge in [0.2, 0.25) is 0 Å². The highest BCUT2D eigenvalue weighted by atomic mass is 16.5. The summed E-state index contributed by atoms with van der Waals surface area (Å²) in [5, 5.41) is 0. The lowest BCUT2D eigenvalue weighted by Gasteiger charge is -2.29. The molecule has 1 aromatic carbocycles. The number of hydrogen-bond donors (Lipinski definition) is 1. The van der Waals surface area contributed by atoms with E-state index < -0.39 is 0 Å². The average Bonchev–Trinajstić information content (AvgIpc) is 2.56. The van der Waals surface area contributed by atoms with Crippen LogP contribution in [-0.4, -0.2) is 7.11 Å². The van der Waals surface area contributed by atoms with E-state index in [4.69, 9.17) is 10.5 Å². The van der Waals surface area contributed by atoms with Gasteiger partial charge >= 0.3 is 0 Å². The third kappa shape index (κ3) is 2.26. The Kier molecular flexibility index (Phi) is 3.18. The fourth-order valence-electron chi connectivity index (χ4n) is 3.37. The molecule has 18 heavy (non-hydrogen) atoms. The first-order valence-corrected chi connectivity index (χ1v) is 6.72. The van der Waals surface area contributed by atoms with E-state index in [1.807, 2.05) is 0 Å². The maximum Gasteiger partial charge on any atom is 0.122 e. The molecule has 2 rings (SSSR count). The quantitative estimate of drug-likeness (QED) is 0.865. The molecule has 0 aromatic heterocycles. The van der Waals surface area contributed by atoms with Crippen LogP contribution >= 0.6 is 0 Å². The van der Waals surface area contributed by atoms with E-state index in [9.17, 15) is 0 Å². The van der Waals surface area contributed by atoms with E-state index in [2.05, 4.69) is 39.8 Å². The highest BCUT2D eigenvalue weighted by Crippen LogP contribution is 2.48. The summed E-state index contributed by atoms with van der Waals surface area (Å²) in [6.07, 6.45) is 3.34. The fraction of sp³-hybridized carbons (Fsp3) is 0.625. The van der Waals surface area contributed by atoms with E-state index in [0.717, 1.165) is 18.6 Å². The summed E-state index contributed by atoms with van der Waals surface area (Å²) in [4.78, 5) is 0. The lowest BCUT2D eigenvalue weighted by atomic mass is 9.81. The van der Waals surface area contributed by atoms with Crippen LogP contribution in [0.3, 0.4) is 0 Å². The van der Waals surface area contributed by atoms with Crippen LogP contribution in [-0.2, 0) is 5.54 Å². The van der Waals surface area contributed by atoms with E-state index in [-0.39, 0.29) is 5.54 Å². The number of methoxy groups -OCH3 is 1. The summed E-state index contributed by atoms with van der Waals surface area (Å²) in [6.45, 7) is 8.85. The highest BCUT2D eigenvalue weighted by molar-refractivity contribution is 5.45. The molecule has 1 unspecified atom stereocenters. The van der Waals surface area contributed by atoms with Gasteiger partial charge in [0.1, 0.15) is 5.75 Å². The number of benzene rings is 1. The first kappa shape index (κ1) is 13.4. The zero-order valence-electron chi connectivity index (χ0n) is 12.3. The number of rotatable bonds is 2. The second-order valence-corrected chi connectivity index (χ2v) is 6.63. The summed E-state index contributed by atoms with van der Waals surface area (Å²) >= 11 is 0. The fourth-order valence-corrected chi connectivity index (χ4v) is 3.37. The molecule has 1 saturated carbocycles. The first-order chi connectivity index (χ1) is 8.27. The van der Waals surface area contributed by atoms with E-state index in [1.165, 1.54) is 23.1 Å². The van der Waals surface area contributed by atoms with Crippen LogP contribution < -0.4 is 10.5 Å². The van der Waals surface area contributed by atoms with Crippen molar-refractivity contribution in [3.63, 3.8) is 0 Å². The van der Waals surface area contributed by atoms with Gasteiger partial charge in [-0.05, 0) is 61.3 Å². The van der Waals surface area contributed by atoms with Crippen molar-refractivity contribution in [2.24, 2.45) is 11.1 Å². The van der Waals surface area contributed by atoms with Gasteiger partial charge in [0.05, 0.1) is 7.11 Å². The van der Waals surface area contributed by atoms with Crippen molar-refractivity contribution >= 4 is 0 Å². The minimum Gasteiger partial charge on any atom is -0.496 e. The second kappa shape index (κ2) is 4.27. The molecule has 1 aliphatic carbocycles. The number of ether oxygens (including phenoxy) is 1. The molecule has 0 spiro atoms. The topological polar surface area (TPSA) is 35.2 Å². The van der Waals surface area contributed by atoms with Crippen LogP contribution in [0.15, 0.2) is 12.1 Å². The number of nitrogens with two attached hydrogens (primary N) is 1. The van der Waals surface area contributed by atoms with Gasteiger partial charge in [-0.1, -0.05) is 19.9 Å². The minimum absolute atomic E-state index is 0.162. The Morgan fingerprint density at radius 3 is 2.28 bits per heavy atom. The molecular formula is C16H25NO. The zero-order chi connectivity index (χ0) is 13.6. The van der Waals surface area contributed by atoms with Gasteiger partial charge in [0.25, 0.3) is 0 Å². The summed E-state index contributed by atoms with van der Waals surface area (Å²) in [5.74, 6) is 0.956. The van der Waals surface area contributed by atoms with Crippen molar-refractivity contribution in [3.05, 3.63) is 28.8 Å². The Bertz CT molecular complexity index is 464. The molecule has 1 fully saturated rings. The molecule has 2 nitrogen and oxygen atoms in total. The highest BCUT2D eigenvalue weighted by Gasteiger charge is 2.42. The van der Waals surface area contributed by atoms with Crippen LogP contribution in [0.2, 0.25) is 0 Å². The molecule has 0 saturated heterocycles. The largest absolute Gasteiger partial charge is 0.496 e.